The molecule has 90 valence electrons. The summed E-state index contributed by atoms with van der Waals surface area (Å²) in [5.41, 5.74) is 9.00. The van der Waals surface area contributed by atoms with Gasteiger partial charge in [-0.3, -0.25) is 0 Å². The molecule has 0 fully saturated rings. The number of anilines is 1. The lowest BCUT2D eigenvalue weighted by atomic mass is 10.1. The number of imidazole rings is 1. The van der Waals surface area contributed by atoms with E-state index in [1.165, 1.54) is 12.1 Å². The molecule has 2 heterocycles. The molecule has 0 aliphatic heterocycles. The van der Waals surface area contributed by atoms with Crippen LogP contribution in [0.25, 0.3) is 5.65 Å². The molecule has 0 amide bonds. The highest BCUT2D eigenvalue weighted by atomic mass is 19.1. The van der Waals surface area contributed by atoms with E-state index >= 15 is 0 Å². The Bertz CT molecular complexity index is 703. The highest BCUT2D eigenvalue weighted by Gasteiger charge is 2.05. The van der Waals surface area contributed by atoms with Gasteiger partial charge >= 0.3 is 0 Å². The van der Waals surface area contributed by atoms with Crippen LogP contribution in [0.15, 0.2) is 48.8 Å². The molecule has 3 nitrogen and oxygen atoms in total. The van der Waals surface area contributed by atoms with Gasteiger partial charge in [0.2, 0.25) is 0 Å². The fraction of sp³-hybridized carbons (Fsp3) is 0.0714. The first-order valence-electron chi connectivity index (χ1n) is 5.69. The maximum Gasteiger partial charge on any atom is 0.160 e. The number of nitrogens with two attached hydrogens (primary N) is 1. The lowest BCUT2D eigenvalue weighted by Crippen LogP contribution is -1.90. The zero-order valence-electron chi connectivity index (χ0n) is 9.68. The number of fused-ring (bicyclic) bond motifs is 1. The zero-order chi connectivity index (χ0) is 12.5. The van der Waals surface area contributed by atoms with Gasteiger partial charge in [0.15, 0.2) is 5.65 Å². The van der Waals surface area contributed by atoms with Crippen LogP contribution < -0.4 is 5.73 Å². The molecule has 0 saturated heterocycles. The van der Waals surface area contributed by atoms with Gasteiger partial charge < -0.3 is 10.1 Å². The number of nitrogens with zero attached hydrogens (tertiary/aromatic N) is 2. The van der Waals surface area contributed by atoms with Gasteiger partial charge in [-0.2, -0.15) is 0 Å². The van der Waals surface area contributed by atoms with Crippen molar-refractivity contribution < 1.29 is 4.39 Å². The van der Waals surface area contributed by atoms with Crippen molar-refractivity contribution in [3.8, 4) is 0 Å². The first-order valence-corrected chi connectivity index (χ1v) is 5.69. The van der Waals surface area contributed by atoms with Gasteiger partial charge in [0.1, 0.15) is 5.82 Å². The summed E-state index contributed by atoms with van der Waals surface area (Å²) in [6.45, 7) is 0. The van der Waals surface area contributed by atoms with E-state index < -0.39 is 0 Å². The summed E-state index contributed by atoms with van der Waals surface area (Å²) in [6, 6.07) is 10.2. The largest absolute Gasteiger partial charge is 0.396 e. The van der Waals surface area contributed by atoms with Crippen molar-refractivity contribution in [2.45, 2.75) is 6.42 Å². The van der Waals surface area contributed by atoms with E-state index in [1.807, 2.05) is 35.0 Å². The molecule has 1 aromatic carbocycles. The van der Waals surface area contributed by atoms with Crippen molar-refractivity contribution in [2.24, 2.45) is 0 Å². The lowest BCUT2D eigenvalue weighted by molar-refractivity contribution is 0.626. The number of nitrogen functional groups attached to an aromatic ring is 1. The van der Waals surface area contributed by atoms with Gasteiger partial charge in [0, 0.05) is 18.8 Å². The predicted octanol–water partition coefficient (Wildman–Crippen LogP) is 2.65. The maximum absolute atomic E-state index is 13.1. The Morgan fingerprint density at radius 2 is 2.11 bits per heavy atom. The Morgan fingerprint density at radius 3 is 2.89 bits per heavy atom. The van der Waals surface area contributed by atoms with Gasteiger partial charge in [-0.15, -0.1) is 0 Å². The highest BCUT2D eigenvalue weighted by Crippen LogP contribution is 2.15. The minimum absolute atomic E-state index is 0.226. The topological polar surface area (TPSA) is 43.3 Å². The normalized spacial score (nSPS) is 10.9. The van der Waals surface area contributed by atoms with Gasteiger partial charge in [-0.05, 0) is 29.8 Å². The number of aromatic nitrogens is 2. The van der Waals surface area contributed by atoms with Crippen molar-refractivity contribution in [3.05, 3.63) is 65.9 Å². The number of benzene rings is 1. The van der Waals surface area contributed by atoms with Gasteiger partial charge in [0.05, 0.1) is 11.4 Å². The van der Waals surface area contributed by atoms with E-state index in [4.69, 9.17) is 5.73 Å². The molecule has 0 unspecified atom stereocenters. The fourth-order valence-electron chi connectivity index (χ4n) is 2.03. The van der Waals surface area contributed by atoms with E-state index in [0.29, 0.717) is 12.1 Å². The number of hydrogen-bond donors (Lipinski definition) is 1. The second kappa shape index (κ2) is 4.14. The molecular weight excluding hydrogens is 229 g/mol. The Kier molecular flexibility index (Phi) is 2.48. The van der Waals surface area contributed by atoms with Crippen LogP contribution in [0.1, 0.15) is 11.3 Å². The number of halogens is 1. The maximum atomic E-state index is 13.1. The summed E-state index contributed by atoms with van der Waals surface area (Å²) in [4.78, 5) is 4.45. The molecule has 2 aromatic heterocycles. The number of hydrogen-bond acceptors (Lipinski definition) is 2. The molecule has 0 radical (unpaired) electrons. The fourth-order valence-corrected chi connectivity index (χ4v) is 2.03. The minimum Gasteiger partial charge on any atom is -0.396 e. The van der Waals surface area contributed by atoms with Crippen molar-refractivity contribution in [1.82, 2.24) is 9.38 Å². The molecule has 4 heteroatoms. The first kappa shape index (κ1) is 10.8. The third-order valence-corrected chi connectivity index (χ3v) is 2.84. The van der Waals surface area contributed by atoms with E-state index in [9.17, 15) is 4.39 Å². The second-order valence-corrected chi connectivity index (χ2v) is 4.23. The molecular formula is C14H12FN3. The molecule has 2 N–H and O–H groups in total. The van der Waals surface area contributed by atoms with Gasteiger partial charge in [-0.25, -0.2) is 9.37 Å². The van der Waals surface area contributed by atoms with Crippen LogP contribution >= 0.6 is 0 Å². The summed E-state index contributed by atoms with van der Waals surface area (Å²) in [6.07, 6.45) is 4.41. The summed E-state index contributed by atoms with van der Waals surface area (Å²) in [5, 5.41) is 0. The standard InChI is InChI=1S/C14H12FN3/c15-11-4-1-3-10(7-11)8-12-9-18-6-2-5-13(16)14(18)17-12/h1-7,9H,8,16H2. The molecule has 0 bridgehead atoms. The third-order valence-electron chi connectivity index (χ3n) is 2.84. The average Bonchev–Trinajstić information content (AvgIpc) is 2.73. The third kappa shape index (κ3) is 1.93. The molecule has 0 atom stereocenters. The summed E-state index contributed by atoms with van der Waals surface area (Å²) in [5.74, 6) is -0.226. The Morgan fingerprint density at radius 1 is 1.22 bits per heavy atom. The molecule has 3 rings (SSSR count). The van der Waals surface area contributed by atoms with Crippen LogP contribution in [-0.4, -0.2) is 9.38 Å². The second-order valence-electron chi connectivity index (χ2n) is 4.23. The summed E-state index contributed by atoms with van der Waals surface area (Å²) < 4.78 is 15.0. The monoisotopic (exact) mass is 241 g/mol. The molecule has 3 aromatic rings. The highest BCUT2D eigenvalue weighted by molar-refractivity contribution is 5.64. The molecule has 0 aliphatic rings. The lowest BCUT2D eigenvalue weighted by Gasteiger charge is -1.97. The van der Waals surface area contributed by atoms with Gasteiger partial charge in [-0.1, -0.05) is 12.1 Å². The number of rotatable bonds is 2. The van der Waals surface area contributed by atoms with E-state index in [-0.39, 0.29) is 5.82 Å². The Balaban J connectivity index is 1.98. The minimum atomic E-state index is -0.226. The SMILES string of the molecule is Nc1cccn2cc(Cc3cccc(F)c3)nc12. The molecule has 0 spiro atoms. The zero-order valence-corrected chi connectivity index (χ0v) is 9.68. The molecule has 18 heavy (non-hydrogen) atoms. The van der Waals surface area contributed by atoms with Crippen LogP contribution in [0.5, 0.6) is 0 Å². The summed E-state index contributed by atoms with van der Waals surface area (Å²) >= 11 is 0. The van der Waals surface area contributed by atoms with Crippen LogP contribution in [0.3, 0.4) is 0 Å². The molecule has 0 aliphatic carbocycles. The van der Waals surface area contributed by atoms with Crippen molar-refractivity contribution in [2.75, 3.05) is 5.73 Å². The van der Waals surface area contributed by atoms with Crippen LogP contribution in [-0.2, 0) is 6.42 Å². The Labute approximate surface area is 104 Å². The quantitative estimate of drug-likeness (QED) is 0.749. The first-order chi connectivity index (χ1) is 8.72. The molecule has 0 saturated carbocycles. The van der Waals surface area contributed by atoms with E-state index in [2.05, 4.69) is 4.98 Å². The number of pyridine rings is 1. The Hall–Kier alpha value is -2.36. The van der Waals surface area contributed by atoms with Crippen LogP contribution in [0.4, 0.5) is 10.1 Å². The van der Waals surface area contributed by atoms with Crippen LogP contribution in [0.2, 0.25) is 0 Å². The van der Waals surface area contributed by atoms with Crippen molar-refractivity contribution in [3.63, 3.8) is 0 Å². The van der Waals surface area contributed by atoms with E-state index in [0.717, 1.165) is 16.9 Å². The van der Waals surface area contributed by atoms with Crippen LogP contribution in [0, 0.1) is 5.82 Å². The smallest absolute Gasteiger partial charge is 0.160 e. The van der Waals surface area contributed by atoms with Crippen molar-refractivity contribution >= 4 is 11.3 Å². The predicted molar refractivity (Wildman–Crippen MR) is 68.8 cm³/mol. The summed E-state index contributed by atoms with van der Waals surface area (Å²) in [7, 11) is 0. The van der Waals surface area contributed by atoms with E-state index in [1.54, 1.807) is 6.07 Å². The van der Waals surface area contributed by atoms with Gasteiger partial charge in [0.25, 0.3) is 0 Å². The average molecular weight is 241 g/mol. The van der Waals surface area contributed by atoms with Crippen molar-refractivity contribution in [1.29, 1.82) is 0 Å².